The highest BCUT2D eigenvalue weighted by atomic mass is 32.2. The van der Waals surface area contributed by atoms with Crippen LogP contribution in [0.4, 0.5) is 5.13 Å². The minimum atomic E-state index is -0.194. The van der Waals surface area contributed by atoms with E-state index in [-0.39, 0.29) is 12.5 Å². The fraction of sp³-hybridized carbons (Fsp3) is 0.222. The molecule has 1 aromatic heterocycles. The van der Waals surface area contributed by atoms with Crippen molar-refractivity contribution < 1.29 is 9.53 Å². The maximum absolute atomic E-state index is 12.2. The first-order valence-electron chi connectivity index (χ1n) is 7.90. The number of benzene rings is 2. The predicted octanol–water partition coefficient (Wildman–Crippen LogP) is 4.79. The lowest BCUT2D eigenvalue weighted by atomic mass is 10.2. The SMILES string of the molecule is O=C(COc1ccccc1C1SCCS1)Nc1nc2ccccc2s1. The minimum Gasteiger partial charge on any atom is -0.483 e. The van der Waals surface area contributed by atoms with Crippen LogP contribution < -0.4 is 10.1 Å². The van der Waals surface area contributed by atoms with Crippen molar-refractivity contribution in [3.05, 3.63) is 54.1 Å². The third-order valence-electron chi connectivity index (χ3n) is 3.69. The van der Waals surface area contributed by atoms with E-state index in [0.29, 0.717) is 9.71 Å². The van der Waals surface area contributed by atoms with Crippen molar-refractivity contribution >= 4 is 56.1 Å². The Morgan fingerprint density at radius 2 is 1.88 bits per heavy atom. The Labute approximate surface area is 158 Å². The number of para-hydroxylation sites is 2. The number of anilines is 1. The molecule has 1 fully saturated rings. The second kappa shape index (κ2) is 7.68. The molecule has 25 heavy (non-hydrogen) atoms. The average Bonchev–Trinajstić information content (AvgIpc) is 3.29. The van der Waals surface area contributed by atoms with E-state index in [9.17, 15) is 4.79 Å². The van der Waals surface area contributed by atoms with Gasteiger partial charge in [-0.3, -0.25) is 10.1 Å². The fourth-order valence-corrected chi connectivity index (χ4v) is 6.36. The number of carbonyl (C=O) groups is 1. The third kappa shape index (κ3) is 3.94. The zero-order valence-corrected chi connectivity index (χ0v) is 15.8. The molecular formula is C18H16N2O2S3. The van der Waals surface area contributed by atoms with Gasteiger partial charge < -0.3 is 4.74 Å². The largest absolute Gasteiger partial charge is 0.483 e. The fourth-order valence-electron chi connectivity index (χ4n) is 2.57. The molecular weight excluding hydrogens is 372 g/mol. The van der Waals surface area contributed by atoms with Gasteiger partial charge in [0.25, 0.3) is 5.91 Å². The van der Waals surface area contributed by atoms with Crippen LogP contribution in [0.3, 0.4) is 0 Å². The number of hydrogen-bond acceptors (Lipinski definition) is 6. The molecule has 4 rings (SSSR count). The molecule has 128 valence electrons. The number of thioether (sulfide) groups is 2. The Morgan fingerprint density at radius 3 is 2.72 bits per heavy atom. The van der Waals surface area contributed by atoms with E-state index < -0.39 is 0 Å². The smallest absolute Gasteiger partial charge is 0.264 e. The minimum absolute atomic E-state index is 0.0189. The quantitative estimate of drug-likeness (QED) is 0.681. The molecule has 0 atom stereocenters. The molecule has 1 aliphatic heterocycles. The van der Waals surface area contributed by atoms with Crippen LogP contribution in [-0.4, -0.2) is 29.0 Å². The van der Waals surface area contributed by atoms with Gasteiger partial charge in [0.1, 0.15) is 5.75 Å². The summed E-state index contributed by atoms with van der Waals surface area (Å²) >= 11 is 5.31. The molecule has 0 unspecified atom stereocenters. The summed E-state index contributed by atoms with van der Waals surface area (Å²) in [4.78, 5) is 16.6. The van der Waals surface area contributed by atoms with Gasteiger partial charge in [0.2, 0.25) is 0 Å². The Hall–Kier alpha value is -1.70. The first-order valence-corrected chi connectivity index (χ1v) is 10.8. The summed E-state index contributed by atoms with van der Waals surface area (Å²) in [7, 11) is 0. The summed E-state index contributed by atoms with van der Waals surface area (Å²) < 4.78 is 7.24. The van der Waals surface area contributed by atoms with Crippen molar-refractivity contribution in [3.63, 3.8) is 0 Å². The van der Waals surface area contributed by atoms with E-state index in [0.717, 1.165) is 33.0 Å². The number of fused-ring (bicyclic) bond motifs is 1. The summed E-state index contributed by atoms with van der Waals surface area (Å²) in [6, 6.07) is 15.8. The number of nitrogens with zero attached hydrogens (tertiary/aromatic N) is 1. The van der Waals surface area contributed by atoms with E-state index in [4.69, 9.17) is 4.74 Å². The van der Waals surface area contributed by atoms with Gasteiger partial charge in [0, 0.05) is 17.1 Å². The van der Waals surface area contributed by atoms with E-state index in [1.807, 2.05) is 66.0 Å². The molecule has 0 bridgehead atoms. The van der Waals surface area contributed by atoms with Gasteiger partial charge in [-0.1, -0.05) is 41.7 Å². The van der Waals surface area contributed by atoms with Gasteiger partial charge >= 0.3 is 0 Å². The lowest BCUT2D eigenvalue weighted by molar-refractivity contribution is -0.118. The summed E-state index contributed by atoms with van der Waals surface area (Å²) in [6.45, 7) is -0.0189. The second-order valence-electron chi connectivity index (χ2n) is 5.43. The monoisotopic (exact) mass is 388 g/mol. The highest BCUT2D eigenvalue weighted by molar-refractivity contribution is 8.19. The first-order chi connectivity index (χ1) is 12.3. The van der Waals surface area contributed by atoms with Crippen LogP contribution in [0.1, 0.15) is 10.1 Å². The van der Waals surface area contributed by atoms with Crippen LogP contribution >= 0.6 is 34.9 Å². The molecule has 7 heteroatoms. The van der Waals surface area contributed by atoms with E-state index in [1.165, 1.54) is 11.3 Å². The first kappa shape index (κ1) is 16.8. The van der Waals surface area contributed by atoms with Gasteiger partial charge in [0.05, 0.1) is 14.8 Å². The molecule has 0 radical (unpaired) electrons. The van der Waals surface area contributed by atoms with Crippen molar-refractivity contribution in [2.45, 2.75) is 4.58 Å². The molecule has 1 N–H and O–H groups in total. The summed E-state index contributed by atoms with van der Waals surface area (Å²) in [5.74, 6) is 2.90. The van der Waals surface area contributed by atoms with Gasteiger partial charge in [-0.25, -0.2) is 4.98 Å². The third-order valence-corrected chi connectivity index (χ3v) is 7.71. The van der Waals surface area contributed by atoms with Crippen LogP contribution in [0.25, 0.3) is 10.2 Å². The van der Waals surface area contributed by atoms with Crippen molar-refractivity contribution in [1.82, 2.24) is 4.98 Å². The molecule has 0 saturated carbocycles. The highest BCUT2D eigenvalue weighted by Crippen LogP contribution is 2.48. The van der Waals surface area contributed by atoms with E-state index in [1.54, 1.807) is 0 Å². The number of nitrogens with one attached hydrogen (secondary N) is 1. The number of aromatic nitrogens is 1. The normalized spacial score (nSPS) is 14.7. The van der Waals surface area contributed by atoms with Gasteiger partial charge in [-0.15, -0.1) is 23.5 Å². The topological polar surface area (TPSA) is 51.2 Å². The van der Waals surface area contributed by atoms with Crippen LogP contribution in [0.15, 0.2) is 48.5 Å². The molecule has 2 aromatic carbocycles. The molecule has 1 saturated heterocycles. The molecule has 1 aliphatic rings. The maximum Gasteiger partial charge on any atom is 0.264 e. The Bertz CT molecular complexity index is 858. The standard InChI is InChI=1S/C18H16N2O2S3/c21-16(20-18-19-13-6-2-4-8-15(13)25-18)11-22-14-7-3-1-5-12(14)17-23-9-10-24-17/h1-8,17H,9-11H2,(H,19,20,21). The van der Waals surface area contributed by atoms with Crippen molar-refractivity contribution in [1.29, 1.82) is 0 Å². The van der Waals surface area contributed by atoms with E-state index >= 15 is 0 Å². The molecule has 0 aliphatic carbocycles. The van der Waals surface area contributed by atoms with Crippen molar-refractivity contribution in [3.8, 4) is 5.75 Å². The molecule has 3 aromatic rings. The Morgan fingerprint density at radius 1 is 1.12 bits per heavy atom. The Kier molecular flexibility index (Phi) is 5.14. The highest BCUT2D eigenvalue weighted by Gasteiger charge is 2.22. The van der Waals surface area contributed by atoms with Crippen molar-refractivity contribution in [2.24, 2.45) is 0 Å². The van der Waals surface area contributed by atoms with Crippen LogP contribution in [0.5, 0.6) is 5.75 Å². The number of carbonyl (C=O) groups excluding carboxylic acids is 1. The van der Waals surface area contributed by atoms with Gasteiger partial charge in [0.15, 0.2) is 11.7 Å². The second-order valence-corrected chi connectivity index (χ2v) is 9.19. The molecule has 2 heterocycles. The summed E-state index contributed by atoms with van der Waals surface area (Å²) in [6.07, 6.45) is 0. The van der Waals surface area contributed by atoms with Crippen LogP contribution in [0, 0.1) is 0 Å². The van der Waals surface area contributed by atoms with E-state index in [2.05, 4.69) is 16.4 Å². The maximum atomic E-state index is 12.2. The van der Waals surface area contributed by atoms with Gasteiger partial charge in [-0.2, -0.15) is 0 Å². The number of rotatable bonds is 5. The Balaban J connectivity index is 1.40. The number of thiazole rings is 1. The zero-order chi connectivity index (χ0) is 17.1. The van der Waals surface area contributed by atoms with Crippen LogP contribution in [-0.2, 0) is 4.79 Å². The molecule has 4 nitrogen and oxygen atoms in total. The average molecular weight is 389 g/mol. The van der Waals surface area contributed by atoms with Crippen molar-refractivity contribution in [2.75, 3.05) is 23.4 Å². The number of hydrogen-bond donors (Lipinski definition) is 1. The van der Waals surface area contributed by atoms with Gasteiger partial charge in [-0.05, 0) is 18.2 Å². The van der Waals surface area contributed by atoms with Crippen LogP contribution in [0.2, 0.25) is 0 Å². The summed E-state index contributed by atoms with van der Waals surface area (Å²) in [5, 5.41) is 3.43. The lowest BCUT2D eigenvalue weighted by Crippen LogP contribution is -2.20. The molecule has 1 amide bonds. The summed E-state index contributed by atoms with van der Waals surface area (Å²) in [5.41, 5.74) is 2.05. The lowest BCUT2D eigenvalue weighted by Gasteiger charge is -2.14. The number of ether oxygens (including phenoxy) is 1. The molecule has 0 spiro atoms. The predicted molar refractivity (Wildman–Crippen MR) is 108 cm³/mol. The number of amides is 1. The zero-order valence-electron chi connectivity index (χ0n) is 13.3.